The standard InChI is InChI=1S/2C17H12.2C13H10.2C8H13N3.6C2H6/c2*1-3-7-14-12(5-1)9-10-16-15-8-4-2-6-13(15)11-17(14)16;2*1-3-7-12-10(5-1)9-11-6-2-4-8-13(11)12;2*1-4-7-9-6(3)10-8(5-2)11-7;6*1-2/h2*1-10H,11H2;2*1-8H,9H2;2*4-5H2,1-3H3;6*1-2H3. The molecule has 94 heavy (non-hydrogen) atoms. The van der Waals surface area contributed by atoms with Crippen LogP contribution in [0.5, 0.6) is 0 Å². The van der Waals surface area contributed by atoms with E-state index in [4.69, 9.17) is 0 Å². The Labute approximate surface area is 566 Å². The minimum atomic E-state index is 0.828. The second kappa shape index (κ2) is 40.7. The molecule has 0 fully saturated rings. The van der Waals surface area contributed by atoms with E-state index in [2.05, 4.69) is 248 Å². The van der Waals surface area contributed by atoms with Gasteiger partial charge in [-0.2, -0.15) is 0 Å². The molecule has 0 amide bonds. The predicted octanol–water partition coefficient (Wildman–Crippen LogP) is 24.1. The Kier molecular flexibility index (Phi) is 32.6. The zero-order chi connectivity index (χ0) is 68.4. The number of fused-ring (bicyclic) bond motifs is 16. The number of hydrogen-bond acceptors (Lipinski definition) is 6. The zero-order valence-electron chi connectivity index (χ0n) is 60.1. The molecule has 2 aromatic heterocycles. The van der Waals surface area contributed by atoms with Crippen molar-refractivity contribution < 1.29 is 0 Å². The molecule has 0 radical (unpaired) electrons. The van der Waals surface area contributed by atoms with Crippen molar-refractivity contribution in [2.45, 2.75) is 176 Å². The SMILES string of the molecule is CC.CC.CC.CC.CC.CC.CCc1nc(C)nc(CC)n1.CCc1nc(C)nc(CC)n1.c1ccc2c(c1)Cc1c-2ccc2ccccc12.c1ccc2c(c1)Cc1c-2ccc2ccccc12.c1ccc2c(c1)Cc1ccccc1-2.c1ccc2c(c1)Cc1ccccc1-2. The van der Waals surface area contributed by atoms with Crippen LogP contribution in [0.15, 0.2) is 218 Å². The largest absolute Gasteiger partial charge is 0.218 e. The summed E-state index contributed by atoms with van der Waals surface area (Å²) < 4.78 is 0. The third-order valence-corrected chi connectivity index (χ3v) is 15.8. The molecule has 0 bridgehead atoms. The number of benzene rings is 10. The molecule has 4 aliphatic rings. The molecule has 0 spiro atoms. The highest BCUT2D eigenvalue weighted by Gasteiger charge is 2.22. The predicted molar refractivity (Wildman–Crippen MR) is 408 cm³/mol. The summed E-state index contributed by atoms with van der Waals surface area (Å²) in [5.41, 5.74) is 23.1. The van der Waals surface area contributed by atoms with Gasteiger partial charge in [-0.25, -0.2) is 29.9 Å². The first-order valence-corrected chi connectivity index (χ1v) is 35.2. The van der Waals surface area contributed by atoms with Gasteiger partial charge >= 0.3 is 0 Å². The van der Waals surface area contributed by atoms with Crippen LogP contribution in [0.1, 0.15) is 190 Å². The maximum atomic E-state index is 4.25. The van der Waals surface area contributed by atoms with Crippen molar-refractivity contribution in [2.24, 2.45) is 0 Å². The first kappa shape index (κ1) is 75.5. The van der Waals surface area contributed by atoms with Gasteiger partial charge in [-0.15, -0.1) is 0 Å². The van der Waals surface area contributed by atoms with E-state index in [1.54, 1.807) is 0 Å². The maximum Gasteiger partial charge on any atom is 0.132 e. The fourth-order valence-electron chi connectivity index (χ4n) is 11.8. The Balaban J connectivity index is 0.000000199. The summed E-state index contributed by atoms with van der Waals surface area (Å²) in [5.74, 6) is 5.25. The fraction of sp³-hybridized carbons (Fsp3) is 0.295. The molecule has 10 aromatic carbocycles. The van der Waals surface area contributed by atoms with E-state index in [0.29, 0.717) is 0 Å². The van der Waals surface area contributed by atoms with E-state index in [-0.39, 0.29) is 0 Å². The topological polar surface area (TPSA) is 77.3 Å². The van der Waals surface area contributed by atoms with E-state index in [0.717, 1.165) is 86.3 Å². The van der Waals surface area contributed by atoms with E-state index in [9.17, 15) is 0 Å². The van der Waals surface area contributed by atoms with Crippen molar-refractivity contribution in [1.29, 1.82) is 0 Å². The van der Waals surface area contributed by atoms with Crippen molar-refractivity contribution >= 4 is 21.5 Å². The van der Waals surface area contributed by atoms with Crippen LogP contribution < -0.4 is 0 Å². The Morgan fingerprint density at radius 2 is 0.436 bits per heavy atom. The van der Waals surface area contributed by atoms with E-state index in [1.165, 1.54) is 111 Å². The molecule has 12 aromatic rings. The lowest BCUT2D eigenvalue weighted by Gasteiger charge is -2.05. The van der Waals surface area contributed by atoms with Crippen LogP contribution in [0.4, 0.5) is 0 Å². The monoisotopic (exact) mass is 1250 g/mol. The molecule has 2 heterocycles. The Hall–Kier alpha value is -9.26. The number of aromatic nitrogens is 6. The summed E-state index contributed by atoms with van der Waals surface area (Å²) in [6.45, 7) is 36.0. The Bertz CT molecular complexity index is 3810. The van der Waals surface area contributed by atoms with Crippen LogP contribution in [0.2, 0.25) is 0 Å². The highest BCUT2D eigenvalue weighted by atomic mass is 15.0. The van der Waals surface area contributed by atoms with Crippen molar-refractivity contribution in [3.8, 4) is 44.5 Å². The molecular weight excluding hydrogens is 1140 g/mol. The van der Waals surface area contributed by atoms with Crippen molar-refractivity contribution in [3.63, 3.8) is 0 Å². The molecule has 0 atom stereocenters. The van der Waals surface area contributed by atoms with Crippen LogP contribution in [0.3, 0.4) is 0 Å². The molecule has 488 valence electrons. The second-order valence-corrected chi connectivity index (χ2v) is 21.1. The average molecular weight is 1250 g/mol. The third kappa shape index (κ3) is 19.4. The molecule has 0 saturated carbocycles. The summed E-state index contributed by atoms with van der Waals surface area (Å²) in [6, 6.07) is 78.4. The first-order valence-electron chi connectivity index (χ1n) is 35.2. The molecule has 6 heteroatoms. The molecule has 0 N–H and O–H groups in total. The normalized spacial score (nSPS) is 10.7. The van der Waals surface area contributed by atoms with Gasteiger partial charge in [-0.1, -0.05) is 329 Å². The molecule has 0 aliphatic heterocycles. The summed E-state index contributed by atoms with van der Waals surface area (Å²) in [4.78, 5) is 25.2. The first-order chi connectivity index (χ1) is 46.3. The molecule has 0 saturated heterocycles. The molecule has 6 nitrogen and oxygen atoms in total. The summed E-state index contributed by atoms with van der Waals surface area (Å²) in [5, 5.41) is 5.50. The summed E-state index contributed by atoms with van der Waals surface area (Å²) >= 11 is 0. The van der Waals surface area contributed by atoms with Gasteiger partial charge in [0.05, 0.1) is 0 Å². The van der Waals surface area contributed by atoms with Gasteiger partial charge in [-0.3, -0.25) is 0 Å². The summed E-state index contributed by atoms with van der Waals surface area (Å²) in [6.07, 6.45) is 7.90. The quantitative estimate of drug-likeness (QED) is 0.175. The number of aryl methyl sites for hydroxylation is 6. The lowest BCUT2D eigenvalue weighted by molar-refractivity contribution is 0.797. The number of nitrogens with zero attached hydrogens (tertiary/aromatic N) is 6. The Morgan fingerprint density at radius 3 is 0.691 bits per heavy atom. The molecule has 16 rings (SSSR count). The van der Waals surface area contributed by atoms with Crippen LogP contribution in [0, 0.1) is 13.8 Å². The molecule has 0 unspecified atom stereocenters. The average Bonchev–Trinajstić information content (AvgIpc) is 1.62. The smallest absolute Gasteiger partial charge is 0.132 e. The van der Waals surface area contributed by atoms with Crippen molar-refractivity contribution in [3.05, 3.63) is 298 Å². The van der Waals surface area contributed by atoms with Crippen molar-refractivity contribution in [1.82, 2.24) is 29.9 Å². The van der Waals surface area contributed by atoms with Crippen molar-refractivity contribution in [2.75, 3.05) is 0 Å². The van der Waals surface area contributed by atoms with Crippen LogP contribution >= 0.6 is 0 Å². The Morgan fingerprint density at radius 1 is 0.223 bits per heavy atom. The summed E-state index contributed by atoms with van der Waals surface area (Å²) in [7, 11) is 0. The van der Waals surface area contributed by atoms with E-state index >= 15 is 0 Å². The maximum absolute atomic E-state index is 4.25. The lowest BCUT2D eigenvalue weighted by Crippen LogP contribution is -2.03. The lowest BCUT2D eigenvalue weighted by atomic mass is 9.99. The van der Waals surface area contributed by atoms with Gasteiger partial charge in [0.2, 0.25) is 0 Å². The minimum Gasteiger partial charge on any atom is -0.218 e. The van der Waals surface area contributed by atoms with E-state index < -0.39 is 0 Å². The van der Waals surface area contributed by atoms with Gasteiger partial charge < -0.3 is 0 Å². The zero-order valence-corrected chi connectivity index (χ0v) is 60.1. The number of hydrogen-bond donors (Lipinski definition) is 0. The second-order valence-electron chi connectivity index (χ2n) is 21.1. The molecule has 4 aliphatic carbocycles. The van der Waals surface area contributed by atoms with Gasteiger partial charge in [0.25, 0.3) is 0 Å². The van der Waals surface area contributed by atoms with Gasteiger partial charge in [-0.05, 0) is 150 Å². The fourth-order valence-corrected chi connectivity index (χ4v) is 11.8. The molecular formula is C88H106N6. The number of rotatable bonds is 4. The van der Waals surface area contributed by atoms with Crippen LogP contribution in [-0.4, -0.2) is 29.9 Å². The highest BCUT2D eigenvalue weighted by molar-refractivity contribution is 5.96. The van der Waals surface area contributed by atoms with Crippen LogP contribution in [-0.2, 0) is 51.4 Å². The van der Waals surface area contributed by atoms with Crippen LogP contribution in [0.25, 0.3) is 66.1 Å². The van der Waals surface area contributed by atoms with E-state index in [1.807, 2.05) is 125 Å². The van der Waals surface area contributed by atoms with Gasteiger partial charge in [0.1, 0.15) is 34.9 Å². The highest BCUT2D eigenvalue weighted by Crippen LogP contribution is 2.42. The minimum absolute atomic E-state index is 0.828. The third-order valence-electron chi connectivity index (χ3n) is 15.8. The van der Waals surface area contributed by atoms with Gasteiger partial charge in [0.15, 0.2) is 0 Å². The van der Waals surface area contributed by atoms with Gasteiger partial charge in [0, 0.05) is 25.7 Å².